The Labute approximate surface area is 113 Å². The molecule has 0 aliphatic rings. The van der Waals surface area contributed by atoms with Crippen molar-refractivity contribution in [2.75, 3.05) is 7.11 Å². The lowest BCUT2D eigenvalue weighted by molar-refractivity contribution is 0.176. The lowest BCUT2D eigenvalue weighted by atomic mass is 10.1. The van der Waals surface area contributed by atoms with Crippen LogP contribution in [0.5, 0.6) is 0 Å². The van der Waals surface area contributed by atoms with Crippen molar-refractivity contribution in [3.8, 4) is 5.69 Å². The molecule has 0 unspecified atom stereocenters. The summed E-state index contributed by atoms with van der Waals surface area (Å²) in [6.07, 6.45) is 5.54. The van der Waals surface area contributed by atoms with Crippen molar-refractivity contribution in [1.82, 2.24) is 19.7 Å². The van der Waals surface area contributed by atoms with Gasteiger partial charge < -0.3 is 4.74 Å². The van der Waals surface area contributed by atoms with Crippen LogP contribution in [0, 0.1) is 5.92 Å². The van der Waals surface area contributed by atoms with Gasteiger partial charge >= 0.3 is 0 Å². The number of hydrogen-bond donors (Lipinski definition) is 0. The summed E-state index contributed by atoms with van der Waals surface area (Å²) in [6.45, 7) is 4.84. The van der Waals surface area contributed by atoms with Gasteiger partial charge in [0.15, 0.2) is 11.6 Å². The van der Waals surface area contributed by atoms with E-state index in [-0.39, 0.29) is 0 Å². The fourth-order valence-electron chi connectivity index (χ4n) is 1.84. The summed E-state index contributed by atoms with van der Waals surface area (Å²) in [6, 6.07) is 3.86. The van der Waals surface area contributed by atoms with Crippen LogP contribution in [-0.4, -0.2) is 26.9 Å². The first-order valence-corrected chi connectivity index (χ1v) is 6.58. The summed E-state index contributed by atoms with van der Waals surface area (Å²) in [5.41, 5.74) is 0.914. The lowest BCUT2D eigenvalue weighted by Gasteiger charge is -2.04. The maximum absolute atomic E-state index is 5.19. The number of pyridine rings is 1. The monoisotopic (exact) mass is 260 g/mol. The first-order valence-electron chi connectivity index (χ1n) is 6.58. The molecule has 0 aromatic carbocycles. The van der Waals surface area contributed by atoms with Crippen molar-refractivity contribution < 1.29 is 4.74 Å². The van der Waals surface area contributed by atoms with Crippen LogP contribution < -0.4 is 0 Å². The minimum absolute atomic E-state index is 0.447. The van der Waals surface area contributed by atoms with Gasteiger partial charge in [-0.05, 0) is 18.1 Å². The van der Waals surface area contributed by atoms with Crippen LogP contribution >= 0.6 is 0 Å². The quantitative estimate of drug-likeness (QED) is 0.800. The standard InChI is InChI=1S/C14H20N4O/c1-4-11(2)8-13-16-14(10-19-3)18(17-13)12-6-5-7-15-9-12/h5-7,9,11H,4,8,10H2,1-3H3/t11-/m0/s1. The van der Waals surface area contributed by atoms with Crippen molar-refractivity contribution in [2.24, 2.45) is 5.92 Å². The molecule has 0 spiro atoms. The Hall–Kier alpha value is -1.75. The zero-order chi connectivity index (χ0) is 13.7. The zero-order valence-electron chi connectivity index (χ0n) is 11.7. The van der Waals surface area contributed by atoms with E-state index in [0.717, 1.165) is 30.2 Å². The predicted molar refractivity (Wildman–Crippen MR) is 73.0 cm³/mol. The average molecular weight is 260 g/mol. The Kier molecular flexibility index (Phi) is 4.63. The van der Waals surface area contributed by atoms with Crippen molar-refractivity contribution >= 4 is 0 Å². The van der Waals surface area contributed by atoms with Crippen molar-refractivity contribution in [3.63, 3.8) is 0 Å². The van der Waals surface area contributed by atoms with Crippen LogP contribution in [0.3, 0.4) is 0 Å². The summed E-state index contributed by atoms with van der Waals surface area (Å²) in [5.74, 6) is 2.26. The second kappa shape index (κ2) is 6.43. The molecule has 2 heterocycles. The average Bonchev–Trinajstić information content (AvgIpc) is 2.83. The van der Waals surface area contributed by atoms with E-state index in [0.29, 0.717) is 12.5 Å². The van der Waals surface area contributed by atoms with Crippen molar-refractivity contribution in [1.29, 1.82) is 0 Å². The third-order valence-electron chi connectivity index (χ3n) is 3.11. The number of methoxy groups -OCH3 is 1. The van der Waals surface area contributed by atoms with Crippen LogP contribution in [0.2, 0.25) is 0 Å². The molecule has 19 heavy (non-hydrogen) atoms. The topological polar surface area (TPSA) is 52.8 Å². The first-order chi connectivity index (χ1) is 9.24. The molecule has 2 rings (SSSR count). The van der Waals surface area contributed by atoms with E-state index in [1.54, 1.807) is 19.5 Å². The van der Waals surface area contributed by atoms with E-state index in [1.807, 2.05) is 16.8 Å². The summed E-state index contributed by atoms with van der Waals surface area (Å²) in [7, 11) is 1.66. The van der Waals surface area contributed by atoms with Gasteiger partial charge in [0.25, 0.3) is 0 Å². The lowest BCUT2D eigenvalue weighted by Crippen LogP contribution is -2.04. The Balaban J connectivity index is 2.30. The molecule has 0 aliphatic carbocycles. The maximum atomic E-state index is 5.19. The smallest absolute Gasteiger partial charge is 0.158 e. The SMILES string of the molecule is CC[C@H](C)Cc1nc(COC)n(-c2cccnc2)n1. The number of ether oxygens (including phenoxy) is 1. The Morgan fingerprint density at radius 2 is 2.26 bits per heavy atom. The summed E-state index contributed by atoms with van der Waals surface area (Å²) >= 11 is 0. The molecule has 0 amide bonds. The highest BCUT2D eigenvalue weighted by Gasteiger charge is 2.13. The van der Waals surface area contributed by atoms with Crippen LogP contribution in [-0.2, 0) is 17.8 Å². The molecule has 5 heteroatoms. The largest absolute Gasteiger partial charge is 0.377 e. The summed E-state index contributed by atoms with van der Waals surface area (Å²) in [5, 5.41) is 4.57. The first kappa shape index (κ1) is 13.7. The highest BCUT2D eigenvalue weighted by Crippen LogP contribution is 2.13. The molecule has 2 aromatic rings. The van der Waals surface area contributed by atoms with Gasteiger partial charge in [0.2, 0.25) is 0 Å². The number of hydrogen-bond acceptors (Lipinski definition) is 4. The van der Waals surface area contributed by atoms with E-state index in [2.05, 4.69) is 28.9 Å². The molecule has 0 radical (unpaired) electrons. The fraction of sp³-hybridized carbons (Fsp3) is 0.500. The summed E-state index contributed by atoms with van der Waals surface area (Å²) < 4.78 is 7.00. The van der Waals surface area contributed by atoms with Gasteiger partial charge in [0, 0.05) is 19.7 Å². The zero-order valence-corrected chi connectivity index (χ0v) is 11.7. The van der Waals surface area contributed by atoms with Gasteiger partial charge in [0.1, 0.15) is 6.61 Å². The van der Waals surface area contributed by atoms with Gasteiger partial charge in [-0.2, -0.15) is 5.10 Å². The van der Waals surface area contributed by atoms with E-state index in [4.69, 9.17) is 4.74 Å². The van der Waals surface area contributed by atoms with E-state index < -0.39 is 0 Å². The normalized spacial score (nSPS) is 12.6. The molecule has 0 bridgehead atoms. The summed E-state index contributed by atoms with van der Waals surface area (Å²) in [4.78, 5) is 8.68. The fourth-order valence-corrected chi connectivity index (χ4v) is 1.84. The van der Waals surface area contributed by atoms with Crippen LogP contribution in [0.1, 0.15) is 31.9 Å². The Morgan fingerprint density at radius 1 is 1.42 bits per heavy atom. The van der Waals surface area contributed by atoms with Crippen LogP contribution in [0.25, 0.3) is 5.69 Å². The second-order valence-electron chi connectivity index (χ2n) is 4.72. The number of rotatable bonds is 6. The minimum Gasteiger partial charge on any atom is -0.377 e. The van der Waals surface area contributed by atoms with Crippen LogP contribution in [0.4, 0.5) is 0 Å². The van der Waals surface area contributed by atoms with Gasteiger partial charge in [-0.15, -0.1) is 0 Å². The number of nitrogens with zero attached hydrogens (tertiary/aromatic N) is 4. The molecule has 0 saturated carbocycles. The van der Waals surface area contributed by atoms with Gasteiger partial charge in [-0.25, -0.2) is 9.67 Å². The molecular weight excluding hydrogens is 240 g/mol. The van der Waals surface area contributed by atoms with Gasteiger partial charge in [-0.3, -0.25) is 4.98 Å². The van der Waals surface area contributed by atoms with Crippen molar-refractivity contribution in [2.45, 2.75) is 33.3 Å². The van der Waals surface area contributed by atoms with E-state index in [9.17, 15) is 0 Å². The number of aromatic nitrogens is 4. The minimum atomic E-state index is 0.447. The van der Waals surface area contributed by atoms with Crippen LogP contribution in [0.15, 0.2) is 24.5 Å². The molecule has 2 aromatic heterocycles. The Bertz CT molecular complexity index is 509. The van der Waals surface area contributed by atoms with Gasteiger partial charge in [0.05, 0.1) is 11.9 Å². The maximum Gasteiger partial charge on any atom is 0.158 e. The molecular formula is C14H20N4O. The van der Waals surface area contributed by atoms with E-state index in [1.165, 1.54) is 0 Å². The van der Waals surface area contributed by atoms with Gasteiger partial charge in [-0.1, -0.05) is 20.3 Å². The molecule has 102 valence electrons. The highest BCUT2D eigenvalue weighted by molar-refractivity contribution is 5.27. The predicted octanol–water partition coefficient (Wildman–Crippen LogP) is 2.40. The molecule has 0 fully saturated rings. The third-order valence-corrected chi connectivity index (χ3v) is 3.11. The van der Waals surface area contributed by atoms with E-state index >= 15 is 0 Å². The molecule has 0 aliphatic heterocycles. The Morgan fingerprint density at radius 3 is 2.89 bits per heavy atom. The third kappa shape index (κ3) is 3.38. The second-order valence-corrected chi connectivity index (χ2v) is 4.72. The molecule has 0 saturated heterocycles. The molecule has 0 N–H and O–H groups in total. The molecule has 1 atom stereocenters. The molecule has 5 nitrogen and oxygen atoms in total. The van der Waals surface area contributed by atoms with Crippen molar-refractivity contribution in [3.05, 3.63) is 36.2 Å². The highest BCUT2D eigenvalue weighted by atomic mass is 16.5.